The molecular weight excluding hydrogens is 363 g/mol. The molecule has 1 aliphatic heterocycles. The van der Waals surface area contributed by atoms with Gasteiger partial charge in [0.15, 0.2) is 0 Å². The maximum Gasteiger partial charge on any atom is 0.255 e. The van der Waals surface area contributed by atoms with Gasteiger partial charge in [-0.3, -0.25) is 4.79 Å². The Morgan fingerprint density at radius 1 is 1.28 bits per heavy atom. The molecule has 0 spiro atoms. The third kappa shape index (κ3) is 3.01. The molecule has 0 bridgehead atoms. The van der Waals surface area contributed by atoms with Gasteiger partial charge in [-0.2, -0.15) is 0 Å². The standard InChI is InChI=1S/C16H14Cl2N6O/c17-12-3-1-2-11(15(12)18)16(25)23-6-4-14-13(8-23)20-21-24(14)10-22-7-5-19-9-22/h1-3,5,7,9H,4,6,8,10H2. The molecule has 1 amide bonds. The molecule has 0 saturated carbocycles. The summed E-state index contributed by atoms with van der Waals surface area (Å²) in [6, 6.07) is 5.07. The molecule has 25 heavy (non-hydrogen) atoms. The van der Waals surface area contributed by atoms with Crippen LogP contribution < -0.4 is 0 Å². The third-order valence-electron chi connectivity index (χ3n) is 4.20. The first-order chi connectivity index (χ1) is 12.1. The summed E-state index contributed by atoms with van der Waals surface area (Å²) in [5.41, 5.74) is 2.25. The molecule has 0 atom stereocenters. The first-order valence-electron chi connectivity index (χ1n) is 7.74. The monoisotopic (exact) mass is 376 g/mol. The molecule has 3 heterocycles. The molecule has 1 aromatic carbocycles. The van der Waals surface area contributed by atoms with Crippen molar-refractivity contribution in [2.75, 3.05) is 6.54 Å². The number of nitrogens with zero attached hydrogens (tertiary/aromatic N) is 6. The molecule has 128 valence electrons. The lowest BCUT2D eigenvalue weighted by Crippen LogP contribution is -2.36. The van der Waals surface area contributed by atoms with Gasteiger partial charge in [0, 0.05) is 25.4 Å². The molecule has 2 aromatic heterocycles. The summed E-state index contributed by atoms with van der Waals surface area (Å²) in [5, 5.41) is 9.09. The molecule has 3 aromatic rings. The number of rotatable bonds is 3. The van der Waals surface area contributed by atoms with Gasteiger partial charge < -0.3 is 9.47 Å². The van der Waals surface area contributed by atoms with E-state index in [1.165, 1.54) is 0 Å². The highest BCUT2D eigenvalue weighted by Gasteiger charge is 2.27. The van der Waals surface area contributed by atoms with E-state index in [1.54, 1.807) is 35.6 Å². The Morgan fingerprint density at radius 3 is 2.96 bits per heavy atom. The van der Waals surface area contributed by atoms with Gasteiger partial charge in [-0.05, 0) is 12.1 Å². The highest BCUT2D eigenvalue weighted by molar-refractivity contribution is 6.43. The third-order valence-corrected chi connectivity index (χ3v) is 5.02. The van der Waals surface area contributed by atoms with Crippen LogP contribution in [0.3, 0.4) is 0 Å². The number of imidazole rings is 1. The SMILES string of the molecule is O=C(c1cccc(Cl)c1Cl)N1CCc2c(nnn2Cn2ccnc2)C1. The topological polar surface area (TPSA) is 68.8 Å². The molecule has 0 fully saturated rings. The van der Waals surface area contributed by atoms with Gasteiger partial charge in [-0.1, -0.05) is 34.5 Å². The number of carbonyl (C=O) groups is 1. The Bertz CT molecular complexity index is 921. The van der Waals surface area contributed by atoms with E-state index >= 15 is 0 Å². The summed E-state index contributed by atoms with van der Waals surface area (Å²) in [7, 11) is 0. The van der Waals surface area contributed by atoms with Crippen molar-refractivity contribution in [3.05, 3.63) is 63.9 Å². The number of fused-ring (bicyclic) bond motifs is 1. The lowest BCUT2D eigenvalue weighted by atomic mass is 10.1. The van der Waals surface area contributed by atoms with Crippen LogP contribution in [-0.2, 0) is 19.6 Å². The Morgan fingerprint density at radius 2 is 2.16 bits per heavy atom. The van der Waals surface area contributed by atoms with E-state index in [4.69, 9.17) is 23.2 Å². The van der Waals surface area contributed by atoms with E-state index in [2.05, 4.69) is 15.3 Å². The lowest BCUT2D eigenvalue weighted by molar-refractivity contribution is 0.0731. The largest absolute Gasteiger partial charge is 0.332 e. The van der Waals surface area contributed by atoms with E-state index in [9.17, 15) is 4.79 Å². The predicted molar refractivity (Wildman–Crippen MR) is 92.6 cm³/mol. The van der Waals surface area contributed by atoms with E-state index < -0.39 is 0 Å². The van der Waals surface area contributed by atoms with Gasteiger partial charge in [0.2, 0.25) is 0 Å². The summed E-state index contributed by atoms with van der Waals surface area (Å²) in [6.07, 6.45) is 6.00. The molecule has 0 unspecified atom stereocenters. The molecule has 1 aliphatic rings. The molecule has 0 radical (unpaired) electrons. The van der Waals surface area contributed by atoms with Crippen LogP contribution in [0.2, 0.25) is 10.0 Å². The zero-order valence-electron chi connectivity index (χ0n) is 13.1. The number of aromatic nitrogens is 5. The maximum atomic E-state index is 12.8. The highest BCUT2D eigenvalue weighted by Crippen LogP contribution is 2.28. The first-order valence-corrected chi connectivity index (χ1v) is 8.49. The molecule has 7 nitrogen and oxygen atoms in total. The minimum Gasteiger partial charge on any atom is -0.332 e. The maximum absolute atomic E-state index is 12.8. The van der Waals surface area contributed by atoms with Crippen LogP contribution in [0.1, 0.15) is 21.7 Å². The zero-order chi connectivity index (χ0) is 17.4. The Labute approximate surface area is 153 Å². The quantitative estimate of drug-likeness (QED) is 0.703. The lowest BCUT2D eigenvalue weighted by Gasteiger charge is -2.27. The van der Waals surface area contributed by atoms with Crippen molar-refractivity contribution in [3.63, 3.8) is 0 Å². The van der Waals surface area contributed by atoms with Crippen molar-refractivity contribution < 1.29 is 4.79 Å². The Kier molecular flexibility index (Phi) is 4.19. The number of benzene rings is 1. The van der Waals surface area contributed by atoms with Gasteiger partial charge >= 0.3 is 0 Å². The molecule has 9 heteroatoms. The minimum absolute atomic E-state index is 0.151. The number of hydrogen-bond acceptors (Lipinski definition) is 4. The van der Waals surface area contributed by atoms with Gasteiger partial charge in [0.1, 0.15) is 12.4 Å². The highest BCUT2D eigenvalue weighted by atomic mass is 35.5. The van der Waals surface area contributed by atoms with Crippen LogP contribution in [0.25, 0.3) is 0 Å². The van der Waals surface area contributed by atoms with Crippen LogP contribution in [-0.4, -0.2) is 41.9 Å². The van der Waals surface area contributed by atoms with E-state index in [0.29, 0.717) is 36.8 Å². The Hall–Kier alpha value is -2.38. The van der Waals surface area contributed by atoms with Crippen molar-refractivity contribution >= 4 is 29.1 Å². The Balaban J connectivity index is 1.54. The summed E-state index contributed by atoms with van der Waals surface area (Å²) >= 11 is 12.2. The number of amides is 1. The zero-order valence-corrected chi connectivity index (χ0v) is 14.7. The van der Waals surface area contributed by atoms with E-state index in [1.807, 2.05) is 15.4 Å². The van der Waals surface area contributed by atoms with Crippen molar-refractivity contribution in [2.24, 2.45) is 0 Å². The summed E-state index contributed by atoms with van der Waals surface area (Å²) in [5.74, 6) is -0.151. The van der Waals surface area contributed by atoms with Gasteiger partial charge in [-0.15, -0.1) is 5.10 Å². The second kappa shape index (κ2) is 6.50. The van der Waals surface area contributed by atoms with Crippen LogP contribution in [0.4, 0.5) is 0 Å². The van der Waals surface area contributed by atoms with E-state index in [0.717, 1.165) is 11.4 Å². The smallest absolute Gasteiger partial charge is 0.255 e. The molecule has 0 aliphatic carbocycles. The number of carbonyl (C=O) groups excluding carboxylic acids is 1. The molecule has 0 N–H and O–H groups in total. The second-order valence-electron chi connectivity index (χ2n) is 5.78. The average Bonchev–Trinajstić information content (AvgIpc) is 3.27. The van der Waals surface area contributed by atoms with Crippen LogP contribution in [0.15, 0.2) is 36.9 Å². The van der Waals surface area contributed by atoms with Crippen LogP contribution in [0.5, 0.6) is 0 Å². The van der Waals surface area contributed by atoms with Crippen molar-refractivity contribution in [2.45, 2.75) is 19.6 Å². The fourth-order valence-electron chi connectivity index (χ4n) is 2.92. The number of hydrogen-bond donors (Lipinski definition) is 0. The molecular formula is C16H14Cl2N6O. The van der Waals surface area contributed by atoms with Gasteiger partial charge in [0.25, 0.3) is 5.91 Å². The van der Waals surface area contributed by atoms with E-state index in [-0.39, 0.29) is 10.9 Å². The fraction of sp³-hybridized carbons (Fsp3) is 0.250. The van der Waals surface area contributed by atoms with Crippen molar-refractivity contribution in [3.8, 4) is 0 Å². The first kappa shape index (κ1) is 16.1. The molecule has 4 rings (SSSR count). The van der Waals surface area contributed by atoms with Crippen LogP contribution in [0, 0.1) is 0 Å². The fourth-order valence-corrected chi connectivity index (χ4v) is 3.30. The average molecular weight is 377 g/mol. The minimum atomic E-state index is -0.151. The van der Waals surface area contributed by atoms with Gasteiger partial charge in [0.05, 0.1) is 34.2 Å². The van der Waals surface area contributed by atoms with Crippen molar-refractivity contribution in [1.82, 2.24) is 29.4 Å². The van der Waals surface area contributed by atoms with Gasteiger partial charge in [-0.25, -0.2) is 9.67 Å². The normalized spacial score (nSPS) is 13.8. The van der Waals surface area contributed by atoms with Crippen molar-refractivity contribution in [1.29, 1.82) is 0 Å². The predicted octanol–water partition coefficient (Wildman–Crippen LogP) is 2.49. The van der Waals surface area contributed by atoms with Crippen LogP contribution >= 0.6 is 23.2 Å². The molecule has 0 saturated heterocycles. The number of halogens is 2. The summed E-state index contributed by atoms with van der Waals surface area (Å²) in [6.45, 7) is 1.53. The summed E-state index contributed by atoms with van der Waals surface area (Å²) < 4.78 is 3.75. The summed E-state index contributed by atoms with van der Waals surface area (Å²) in [4.78, 5) is 18.5. The second-order valence-corrected chi connectivity index (χ2v) is 6.56.